The van der Waals surface area contributed by atoms with Gasteiger partial charge in [-0.15, -0.1) is 5.10 Å². The molecule has 1 N–H and O–H groups in total. The van der Waals surface area contributed by atoms with Crippen LogP contribution in [0.25, 0.3) is 0 Å². The molecule has 1 saturated heterocycles. The van der Waals surface area contributed by atoms with Crippen molar-refractivity contribution in [3.63, 3.8) is 0 Å². The van der Waals surface area contributed by atoms with Gasteiger partial charge >= 0.3 is 5.69 Å². The van der Waals surface area contributed by atoms with Crippen LogP contribution in [0.5, 0.6) is 0 Å². The van der Waals surface area contributed by atoms with Crippen LogP contribution in [0.1, 0.15) is 36.0 Å². The number of Topliss-reactive ketones (excluding diaryl/α,β-unsaturated/α-hetero) is 1. The molecule has 8 heteroatoms. The molecule has 0 bridgehead atoms. The minimum absolute atomic E-state index is 0.0145. The van der Waals surface area contributed by atoms with E-state index < -0.39 is 0 Å². The maximum absolute atomic E-state index is 12.9. The average molecular weight is 365 g/mol. The lowest BCUT2D eigenvalue weighted by Crippen LogP contribution is -2.25. The van der Waals surface area contributed by atoms with Crippen LogP contribution in [-0.2, 0) is 11.3 Å². The Hall–Kier alpha value is -1.93. The minimum Gasteiger partial charge on any atom is -0.376 e. The van der Waals surface area contributed by atoms with E-state index in [4.69, 9.17) is 4.74 Å². The lowest BCUT2D eigenvalue weighted by molar-refractivity contribution is 0.0941. The fourth-order valence-electron chi connectivity index (χ4n) is 2.74. The summed E-state index contributed by atoms with van der Waals surface area (Å²) in [5, 5.41) is 7.14. The van der Waals surface area contributed by atoms with E-state index in [-0.39, 0.29) is 23.4 Å². The number of carbonyl (C=O) groups excluding carboxylic acids is 1. The number of aromatic nitrogens is 3. The van der Waals surface area contributed by atoms with E-state index >= 15 is 0 Å². The summed E-state index contributed by atoms with van der Waals surface area (Å²) >= 11 is 1.44. The largest absolute Gasteiger partial charge is 0.376 e. The number of benzene rings is 1. The lowest BCUT2D eigenvalue weighted by atomic mass is 10.1. The SMILES string of the molecule is O=C(CCCSc1n[nH]c(=O)n1CC1CCCO1)c1ccc(F)cc1. The van der Waals surface area contributed by atoms with Crippen molar-refractivity contribution in [3.8, 4) is 0 Å². The zero-order valence-electron chi connectivity index (χ0n) is 13.7. The van der Waals surface area contributed by atoms with E-state index in [2.05, 4.69) is 10.2 Å². The Morgan fingerprint density at radius 3 is 2.92 bits per heavy atom. The molecule has 2 aromatic rings. The third kappa shape index (κ3) is 4.79. The highest BCUT2D eigenvalue weighted by molar-refractivity contribution is 7.99. The maximum Gasteiger partial charge on any atom is 0.344 e. The third-order valence-corrected chi connectivity index (χ3v) is 5.14. The fourth-order valence-corrected chi connectivity index (χ4v) is 3.64. The van der Waals surface area contributed by atoms with Gasteiger partial charge in [0.2, 0.25) is 0 Å². The van der Waals surface area contributed by atoms with Crippen molar-refractivity contribution in [1.82, 2.24) is 14.8 Å². The molecule has 1 aliphatic heterocycles. The zero-order valence-corrected chi connectivity index (χ0v) is 14.6. The van der Waals surface area contributed by atoms with Crippen LogP contribution in [-0.4, -0.2) is 39.0 Å². The molecule has 1 atom stereocenters. The third-order valence-electron chi connectivity index (χ3n) is 4.08. The van der Waals surface area contributed by atoms with E-state index in [9.17, 15) is 14.0 Å². The van der Waals surface area contributed by atoms with Gasteiger partial charge in [0.25, 0.3) is 0 Å². The number of H-pyrrole nitrogens is 1. The van der Waals surface area contributed by atoms with Crippen LogP contribution in [0.3, 0.4) is 0 Å². The normalized spacial score (nSPS) is 17.1. The van der Waals surface area contributed by atoms with E-state index in [1.807, 2.05) is 0 Å². The Morgan fingerprint density at radius 2 is 2.20 bits per heavy atom. The molecule has 1 aromatic heterocycles. The number of ketones is 1. The van der Waals surface area contributed by atoms with Crippen molar-refractivity contribution in [2.45, 2.75) is 43.5 Å². The number of hydrogen-bond acceptors (Lipinski definition) is 5. The maximum atomic E-state index is 12.9. The Labute approximate surface area is 148 Å². The molecule has 1 aromatic carbocycles. The number of nitrogens with zero attached hydrogens (tertiary/aromatic N) is 2. The average Bonchev–Trinajstić information content (AvgIpc) is 3.24. The number of hydrogen-bond donors (Lipinski definition) is 1. The summed E-state index contributed by atoms with van der Waals surface area (Å²) in [5.74, 6) is 0.303. The highest BCUT2D eigenvalue weighted by Crippen LogP contribution is 2.19. The molecule has 0 aliphatic carbocycles. The van der Waals surface area contributed by atoms with Gasteiger partial charge in [0.15, 0.2) is 10.9 Å². The monoisotopic (exact) mass is 365 g/mol. The van der Waals surface area contributed by atoms with Crippen LogP contribution >= 0.6 is 11.8 Å². The van der Waals surface area contributed by atoms with E-state index in [1.54, 1.807) is 4.57 Å². The van der Waals surface area contributed by atoms with Gasteiger partial charge < -0.3 is 4.74 Å². The molecule has 25 heavy (non-hydrogen) atoms. The second-order valence-corrected chi connectivity index (χ2v) is 7.00. The van der Waals surface area contributed by atoms with Crippen LogP contribution in [0.2, 0.25) is 0 Å². The Kier molecular flexibility index (Phi) is 6.04. The summed E-state index contributed by atoms with van der Waals surface area (Å²) < 4.78 is 20.0. The van der Waals surface area contributed by atoms with Crippen molar-refractivity contribution in [2.75, 3.05) is 12.4 Å². The Balaban J connectivity index is 1.48. The number of carbonyl (C=O) groups is 1. The second kappa shape index (κ2) is 8.44. The number of ether oxygens (including phenoxy) is 1. The standard InChI is InChI=1S/C17H20FN3O3S/c18-13-7-5-12(6-8-13)15(22)4-2-10-25-17-20-19-16(23)21(17)11-14-3-1-9-24-14/h5-8,14H,1-4,9-11H2,(H,19,23). The number of aromatic amines is 1. The van der Waals surface area contributed by atoms with Crippen LogP contribution in [0.15, 0.2) is 34.2 Å². The molecule has 0 saturated carbocycles. The van der Waals surface area contributed by atoms with Gasteiger partial charge in [-0.1, -0.05) is 11.8 Å². The first-order valence-electron chi connectivity index (χ1n) is 8.32. The molecule has 0 spiro atoms. The molecule has 1 fully saturated rings. The van der Waals surface area contributed by atoms with Crippen molar-refractivity contribution < 1.29 is 13.9 Å². The first-order valence-corrected chi connectivity index (χ1v) is 9.30. The second-order valence-electron chi connectivity index (χ2n) is 5.94. The minimum atomic E-state index is -0.352. The zero-order chi connectivity index (χ0) is 17.6. The van der Waals surface area contributed by atoms with Gasteiger partial charge in [0.05, 0.1) is 12.6 Å². The summed E-state index contributed by atoms with van der Waals surface area (Å²) in [5.41, 5.74) is 0.279. The highest BCUT2D eigenvalue weighted by Gasteiger charge is 2.19. The molecular formula is C17H20FN3O3S. The Morgan fingerprint density at radius 1 is 1.40 bits per heavy atom. The fraction of sp³-hybridized carbons (Fsp3) is 0.471. The first kappa shape index (κ1) is 17.9. The van der Waals surface area contributed by atoms with Crippen LogP contribution < -0.4 is 5.69 Å². The van der Waals surface area contributed by atoms with Crippen molar-refractivity contribution in [2.24, 2.45) is 0 Å². The molecule has 2 heterocycles. The molecule has 1 unspecified atom stereocenters. The van der Waals surface area contributed by atoms with Crippen molar-refractivity contribution in [1.29, 1.82) is 0 Å². The first-order chi connectivity index (χ1) is 12.1. The topological polar surface area (TPSA) is 77.0 Å². The summed E-state index contributed by atoms with van der Waals surface area (Å²) in [4.78, 5) is 23.9. The molecule has 134 valence electrons. The van der Waals surface area contributed by atoms with E-state index in [0.717, 1.165) is 19.4 Å². The number of rotatable bonds is 8. The van der Waals surface area contributed by atoms with Crippen LogP contribution in [0.4, 0.5) is 4.39 Å². The molecule has 6 nitrogen and oxygen atoms in total. The molecular weight excluding hydrogens is 345 g/mol. The van der Waals surface area contributed by atoms with Gasteiger partial charge in [-0.2, -0.15) is 0 Å². The molecule has 3 rings (SSSR count). The predicted molar refractivity (Wildman–Crippen MR) is 92.5 cm³/mol. The molecule has 1 aliphatic rings. The van der Waals surface area contributed by atoms with Crippen LogP contribution in [0, 0.1) is 5.82 Å². The van der Waals surface area contributed by atoms with Crippen molar-refractivity contribution in [3.05, 3.63) is 46.1 Å². The molecule has 0 amide bonds. The smallest absolute Gasteiger partial charge is 0.344 e. The van der Waals surface area contributed by atoms with Gasteiger partial charge in [-0.25, -0.2) is 14.3 Å². The number of thioether (sulfide) groups is 1. The summed E-state index contributed by atoms with van der Waals surface area (Å²) in [7, 11) is 0. The van der Waals surface area contributed by atoms with Gasteiger partial charge in [0, 0.05) is 24.3 Å². The lowest BCUT2D eigenvalue weighted by Gasteiger charge is -2.10. The summed E-state index contributed by atoms with van der Waals surface area (Å²) in [6, 6.07) is 5.57. The highest BCUT2D eigenvalue weighted by atomic mass is 32.2. The van der Waals surface area contributed by atoms with E-state index in [0.29, 0.717) is 35.9 Å². The Bertz CT molecular complexity index is 766. The van der Waals surface area contributed by atoms with Gasteiger partial charge in [-0.3, -0.25) is 9.36 Å². The van der Waals surface area contributed by atoms with Gasteiger partial charge in [0.1, 0.15) is 5.82 Å². The number of nitrogens with one attached hydrogen (secondary N) is 1. The van der Waals surface area contributed by atoms with Crippen molar-refractivity contribution >= 4 is 17.5 Å². The molecule has 0 radical (unpaired) electrons. The van der Waals surface area contributed by atoms with E-state index in [1.165, 1.54) is 36.0 Å². The summed E-state index contributed by atoms with van der Waals surface area (Å²) in [6.45, 7) is 1.25. The summed E-state index contributed by atoms with van der Waals surface area (Å²) in [6.07, 6.45) is 3.06. The quantitative estimate of drug-likeness (QED) is 0.442. The van der Waals surface area contributed by atoms with Gasteiger partial charge in [-0.05, 0) is 43.5 Å². The number of halogens is 1. The predicted octanol–water partition coefficient (Wildman–Crippen LogP) is 2.64.